The molecule has 2 N–H and O–H groups in total. The molecule has 0 radical (unpaired) electrons. The highest BCUT2D eigenvalue weighted by molar-refractivity contribution is 7.90. The topological polar surface area (TPSA) is 69.6 Å². The van der Waals surface area contributed by atoms with Gasteiger partial charge in [0.15, 0.2) is 0 Å². The second-order valence-electron chi connectivity index (χ2n) is 4.70. The highest BCUT2D eigenvalue weighted by atomic mass is 35.5. The number of hydrogen-bond acceptors (Lipinski definition) is 3. The van der Waals surface area contributed by atoms with Gasteiger partial charge in [0.05, 0.1) is 10.7 Å². The standard InChI is InChI=1S/C12H16ClFN2O3S/c13-9-7-11(12(17)8-10(9)14)15-20(18,19)16-5-3-1-2-4-6-16/h7-8,15,17H,1-6H2. The number of benzene rings is 1. The van der Waals surface area contributed by atoms with Crippen LogP contribution in [-0.4, -0.2) is 30.9 Å². The van der Waals surface area contributed by atoms with Gasteiger partial charge in [-0.25, -0.2) is 4.39 Å². The smallest absolute Gasteiger partial charge is 0.301 e. The highest BCUT2D eigenvalue weighted by Gasteiger charge is 2.24. The Kier molecular flexibility index (Phi) is 4.72. The van der Waals surface area contributed by atoms with Crippen molar-refractivity contribution in [1.29, 1.82) is 0 Å². The lowest BCUT2D eigenvalue weighted by atomic mass is 10.2. The van der Waals surface area contributed by atoms with Crippen molar-refractivity contribution in [2.75, 3.05) is 17.8 Å². The summed E-state index contributed by atoms with van der Waals surface area (Å²) in [5, 5.41) is 9.34. The van der Waals surface area contributed by atoms with Crippen LogP contribution in [0, 0.1) is 5.82 Å². The van der Waals surface area contributed by atoms with Crippen LogP contribution < -0.4 is 4.72 Å². The lowest BCUT2D eigenvalue weighted by Gasteiger charge is -2.21. The van der Waals surface area contributed by atoms with Gasteiger partial charge in [-0.05, 0) is 18.9 Å². The molecule has 1 aromatic rings. The Morgan fingerprint density at radius 2 is 1.80 bits per heavy atom. The van der Waals surface area contributed by atoms with E-state index >= 15 is 0 Å². The fraction of sp³-hybridized carbons (Fsp3) is 0.500. The first-order valence-corrected chi connectivity index (χ1v) is 8.18. The van der Waals surface area contributed by atoms with Crippen LogP contribution in [0.3, 0.4) is 0 Å². The van der Waals surface area contributed by atoms with Crippen LogP contribution in [0.1, 0.15) is 25.7 Å². The number of anilines is 1. The summed E-state index contributed by atoms with van der Waals surface area (Å²) in [7, 11) is -3.77. The number of rotatable bonds is 3. The van der Waals surface area contributed by atoms with Gasteiger partial charge in [-0.15, -0.1) is 0 Å². The van der Waals surface area contributed by atoms with Gasteiger partial charge in [-0.2, -0.15) is 12.7 Å². The second kappa shape index (κ2) is 6.15. The monoisotopic (exact) mass is 322 g/mol. The maximum Gasteiger partial charge on any atom is 0.301 e. The van der Waals surface area contributed by atoms with Crippen LogP contribution in [-0.2, 0) is 10.2 Å². The number of nitrogens with one attached hydrogen (secondary N) is 1. The molecule has 1 saturated heterocycles. The first-order chi connectivity index (χ1) is 9.40. The molecule has 0 aromatic heterocycles. The summed E-state index contributed by atoms with van der Waals surface area (Å²) in [5.74, 6) is -1.30. The number of phenols is 1. The number of phenolic OH excluding ortho intramolecular Hbond substituents is 1. The third-order valence-electron chi connectivity index (χ3n) is 3.18. The summed E-state index contributed by atoms with van der Waals surface area (Å²) in [5.41, 5.74) is -0.124. The molecule has 0 amide bonds. The number of aromatic hydroxyl groups is 1. The molecular weight excluding hydrogens is 307 g/mol. The van der Waals surface area contributed by atoms with Gasteiger partial charge >= 0.3 is 10.2 Å². The summed E-state index contributed by atoms with van der Waals surface area (Å²) in [4.78, 5) is 0. The van der Waals surface area contributed by atoms with Crippen LogP contribution in [0.2, 0.25) is 5.02 Å². The summed E-state index contributed by atoms with van der Waals surface area (Å²) in [6.07, 6.45) is 3.60. The van der Waals surface area contributed by atoms with Crippen molar-refractivity contribution in [3.8, 4) is 5.75 Å². The molecular formula is C12H16ClFN2O3S. The van der Waals surface area contributed by atoms with Gasteiger partial charge in [0.2, 0.25) is 0 Å². The van der Waals surface area contributed by atoms with Crippen LogP contribution in [0.15, 0.2) is 12.1 Å². The molecule has 20 heavy (non-hydrogen) atoms. The summed E-state index contributed by atoms with van der Waals surface area (Å²) < 4.78 is 41.1. The average molecular weight is 323 g/mol. The van der Waals surface area contributed by atoms with Gasteiger partial charge in [-0.1, -0.05) is 24.4 Å². The Labute approximate surface area is 122 Å². The molecule has 0 bridgehead atoms. The van der Waals surface area contributed by atoms with E-state index in [0.29, 0.717) is 13.1 Å². The largest absolute Gasteiger partial charge is 0.506 e. The summed E-state index contributed by atoms with van der Waals surface area (Å²) in [6.45, 7) is 0.871. The van der Waals surface area contributed by atoms with Crippen molar-refractivity contribution in [3.05, 3.63) is 23.0 Å². The lowest BCUT2D eigenvalue weighted by molar-refractivity contribution is 0.426. The second-order valence-corrected chi connectivity index (χ2v) is 6.78. The summed E-state index contributed by atoms with van der Waals surface area (Å²) in [6, 6.07) is 1.84. The van der Waals surface area contributed by atoms with Crippen molar-refractivity contribution in [3.63, 3.8) is 0 Å². The molecule has 1 aliphatic rings. The maximum absolute atomic E-state index is 13.1. The lowest BCUT2D eigenvalue weighted by Crippen LogP contribution is -2.36. The third-order valence-corrected chi connectivity index (χ3v) is 4.99. The summed E-state index contributed by atoms with van der Waals surface area (Å²) >= 11 is 5.59. The molecule has 1 heterocycles. The molecule has 2 rings (SSSR count). The number of hydrogen-bond donors (Lipinski definition) is 2. The van der Waals surface area contributed by atoms with E-state index in [1.807, 2.05) is 0 Å². The molecule has 0 saturated carbocycles. The molecule has 0 unspecified atom stereocenters. The Morgan fingerprint density at radius 3 is 2.40 bits per heavy atom. The molecule has 0 aliphatic carbocycles. The van der Waals surface area contributed by atoms with Gasteiger partial charge in [0.1, 0.15) is 11.6 Å². The predicted octanol–water partition coefficient (Wildman–Crippen LogP) is 2.72. The highest BCUT2D eigenvalue weighted by Crippen LogP contribution is 2.30. The van der Waals surface area contributed by atoms with Gasteiger partial charge < -0.3 is 5.11 Å². The third kappa shape index (κ3) is 3.53. The maximum atomic E-state index is 13.1. The van der Waals surface area contributed by atoms with Gasteiger partial charge in [0, 0.05) is 19.2 Å². The van der Waals surface area contributed by atoms with Crippen LogP contribution >= 0.6 is 11.6 Å². The number of halogens is 2. The van der Waals surface area contributed by atoms with Crippen molar-refractivity contribution < 1.29 is 17.9 Å². The molecule has 0 spiro atoms. The number of nitrogens with zero attached hydrogens (tertiary/aromatic N) is 1. The van der Waals surface area contributed by atoms with Gasteiger partial charge in [0.25, 0.3) is 0 Å². The van der Waals surface area contributed by atoms with Crippen LogP contribution in [0.25, 0.3) is 0 Å². The van der Waals surface area contributed by atoms with Crippen molar-refractivity contribution in [1.82, 2.24) is 4.31 Å². The average Bonchev–Trinajstić information content (AvgIpc) is 2.65. The zero-order chi connectivity index (χ0) is 14.8. The SMILES string of the molecule is O=S(=O)(Nc1cc(Cl)c(F)cc1O)N1CCCCCC1. The zero-order valence-electron chi connectivity index (χ0n) is 10.8. The first-order valence-electron chi connectivity index (χ1n) is 6.36. The molecule has 1 fully saturated rings. The van der Waals surface area contributed by atoms with E-state index in [1.54, 1.807) is 0 Å². The minimum atomic E-state index is -3.77. The minimum absolute atomic E-state index is 0.124. The fourth-order valence-corrected chi connectivity index (χ4v) is 3.58. The Balaban J connectivity index is 2.21. The van der Waals surface area contributed by atoms with E-state index < -0.39 is 21.8 Å². The van der Waals surface area contributed by atoms with Crippen LogP contribution in [0.5, 0.6) is 5.75 Å². The molecule has 112 valence electrons. The van der Waals surface area contributed by atoms with E-state index in [0.717, 1.165) is 37.8 Å². The Morgan fingerprint density at radius 1 is 1.20 bits per heavy atom. The normalized spacial score (nSPS) is 17.7. The molecule has 5 nitrogen and oxygen atoms in total. The van der Waals surface area contributed by atoms with E-state index in [1.165, 1.54) is 4.31 Å². The van der Waals surface area contributed by atoms with E-state index in [2.05, 4.69) is 4.72 Å². The van der Waals surface area contributed by atoms with Crippen molar-refractivity contribution in [2.24, 2.45) is 0 Å². The van der Waals surface area contributed by atoms with Crippen molar-refractivity contribution in [2.45, 2.75) is 25.7 Å². The van der Waals surface area contributed by atoms with E-state index in [-0.39, 0.29) is 10.7 Å². The fourth-order valence-electron chi connectivity index (χ4n) is 2.10. The molecule has 8 heteroatoms. The first kappa shape index (κ1) is 15.3. The van der Waals surface area contributed by atoms with E-state index in [9.17, 15) is 17.9 Å². The predicted molar refractivity (Wildman–Crippen MR) is 75.7 cm³/mol. The quantitative estimate of drug-likeness (QED) is 0.841. The molecule has 0 atom stereocenters. The van der Waals surface area contributed by atoms with Crippen molar-refractivity contribution >= 4 is 27.5 Å². The zero-order valence-corrected chi connectivity index (χ0v) is 12.3. The molecule has 1 aromatic carbocycles. The van der Waals surface area contributed by atoms with Gasteiger partial charge in [-0.3, -0.25) is 4.72 Å². The Hall–Kier alpha value is -1.05. The molecule has 1 aliphatic heterocycles. The van der Waals surface area contributed by atoms with E-state index in [4.69, 9.17) is 11.6 Å². The van der Waals surface area contributed by atoms with Crippen LogP contribution in [0.4, 0.5) is 10.1 Å². The minimum Gasteiger partial charge on any atom is -0.506 e. The Bertz CT molecular complexity index is 587.